The summed E-state index contributed by atoms with van der Waals surface area (Å²) in [5.74, 6) is 0.222. The van der Waals surface area contributed by atoms with Gasteiger partial charge in [0.05, 0.1) is 12.7 Å². The Morgan fingerprint density at radius 1 is 1.56 bits per heavy atom. The van der Waals surface area contributed by atoms with Crippen molar-refractivity contribution >= 4 is 17.5 Å². The van der Waals surface area contributed by atoms with Gasteiger partial charge in [0.2, 0.25) is 0 Å². The predicted molar refractivity (Wildman–Crippen MR) is 70.8 cm³/mol. The average molecular weight is 272 g/mol. The zero-order valence-electron chi connectivity index (χ0n) is 10.4. The van der Waals surface area contributed by atoms with E-state index in [4.69, 9.17) is 16.3 Å². The van der Waals surface area contributed by atoms with Crippen LogP contribution in [-0.2, 0) is 10.6 Å². The minimum Gasteiger partial charge on any atom is -0.391 e. The van der Waals surface area contributed by atoms with Crippen molar-refractivity contribution in [3.05, 3.63) is 35.4 Å². The molecule has 1 unspecified atom stereocenters. The molecule has 4 nitrogen and oxygen atoms in total. The van der Waals surface area contributed by atoms with E-state index in [1.165, 1.54) is 7.11 Å². The summed E-state index contributed by atoms with van der Waals surface area (Å²) >= 11 is 5.71. The van der Waals surface area contributed by atoms with Gasteiger partial charge < -0.3 is 15.2 Å². The van der Waals surface area contributed by atoms with Gasteiger partial charge in [-0.25, -0.2) is 0 Å². The van der Waals surface area contributed by atoms with Crippen molar-refractivity contribution in [3.8, 4) is 0 Å². The van der Waals surface area contributed by atoms with Crippen LogP contribution in [0.5, 0.6) is 0 Å². The van der Waals surface area contributed by atoms with Crippen LogP contribution in [0, 0.1) is 0 Å². The molecule has 0 radical (unpaired) electrons. The Balaban J connectivity index is 2.40. The molecule has 1 atom stereocenters. The number of alkyl halides is 1. The van der Waals surface area contributed by atoms with Gasteiger partial charge in [-0.2, -0.15) is 0 Å². The Bertz CT molecular complexity index is 384. The quantitative estimate of drug-likeness (QED) is 0.740. The van der Waals surface area contributed by atoms with Gasteiger partial charge in [0.25, 0.3) is 5.91 Å². The number of halogens is 1. The highest BCUT2D eigenvalue weighted by Crippen LogP contribution is 2.07. The molecule has 1 amide bonds. The van der Waals surface area contributed by atoms with Crippen molar-refractivity contribution in [2.75, 3.05) is 20.3 Å². The number of methoxy groups -OCH3 is 1. The SMILES string of the molecule is COCC(O)CCNC(=O)c1cccc(CCl)c1. The molecular weight excluding hydrogens is 254 g/mol. The summed E-state index contributed by atoms with van der Waals surface area (Å²) in [6, 6.07) is 7.16. The molecule has 0 aromatic heterocycles. The lowest BCUT2D eigenvalue weighted by Crippen LogP contribution is -2.28. The molecule has 1 aromatic rings. The maximum absolute atomic E-state index is 11.8. The molecule has 0 aliphatic rings. The van der Waals surface area contributed by atoms with E-state index in [9.17, 15) is 9.90 Å². The fraction of sp³-hybridized carbons (Fsp3) is 0.462. The highest BCUT2D eigenvalue weighted by molar-refractivity contribution is 6.17. The van der Waals surface area contributed by atoms with Crippen LogP contribution in [0.3, 0.4) is 0 Å². The molecule has 0 heterocycles. The van der Waals surface area contributed by atoms with Crippen LogP contribution >= 0.6 is 11.6 Å². The first-order valence-electron chi connectivity index (χ1n) is 5.77. The number of hydrogen-bond acceptors (Lipinski definition) is 3. The van der Waals surface area contributed by atoms with E-state index in [0.29, 0.717) is 24.4 Å². The fourth-order valence-electron chi connectivity index (χ4n) is 1.53. The molecule has 18 heavy (non-hydrogen) atoms. The maximum Gasteiger partial charge on any atom is 0.251 e. The van der Waals surface area contributed by atoms with Gasteiger partial charge in [-0.3, -0.25) is 4.79 Å². The second-order valence-corrected chi connectivity index (χ2v) is 4.26. The normalized spacial score (nSPS) is 12.2. The van der Waals surface area contributed by atoms with E-state index in [-0.39, 0.29) is 12.5 Å². The van der Waals surface area contributed by atoms with E-state index in [1.807, 2.05) is 6.07 Å². The summed E-state index contributed by atoms with van der Waals surface area (Å²) in [6.45, 7) is 0.687. The zero-order valence-corrected chi connectivity index (χ0v) is 11.1. The van der Waals surface area contributed by atoms with Crippen molar-refractivity contribution < 1.29 is 14.6 Å². The van der Waals surface area contributed by atoms with Crippen LogP contribution in [0.25, 0.3) is 0 Å². The van der Waals surface area contributed by atoms with E-state index >= 15 is 0 Å². The minimum atomic E-state index is -0.551. The average Bonchev–Trinajstić information content (AvgIpc) is 2.39. The van der Waals surface area contributed by atoms with Gasteiger partial charge in [-0.15, -0.1) is 11.6 Å². The van der Waals surface area contributed by atoms with Gasteiger partial charge in [-0.1, -0.05) is 12.1 Å². The molecular formula is C13H18ClNO3. The molecule has 2 N–H and O–H groups in total. The molecule has 1 rings (SSSR count). The number of rotatable bonds is 7. The number of carbonyl (C=O) groups excluding carboxylic acids is 1. The topological polar surface area (TPSA) is 58.6 Å². The molecule has 0 fully saturated rings. The number of ether oxygens (including phenoxy) is 1. The lowest BCUT2D eigenvalue weighted by molar-refractivity contribution is 0.0587. The van der Waals surface area contributed by atoms with Gasteiger partial charge in [0, 0.05) is 25.1 Å². The standard InChI is InChI=1S/C13H18ClNO3/c1-18-9-12(16)5-6-15-13(17)11-4-2-3-10(7-11)8-14/h2-4,7,12,16H,5-6,8-9H2,1H3,(H,15,17). The minimum absolute atomic E-state index is 0.161. The summed E-state index contributed by atoms with van der Waals surface area (Å²) in [5.41, 5.74) is 1.48. The van der Waals surface area contributed by atoms with E-state index in [1.54, 1.807) is 18.2 Å². The van der Waals surface area contributed by atoms with E-state index in [0.717, 1.165) is 5.56 Å². The van der Waals surface area contributed by atoms with Crippen LogP contribution < -0.4 is 5.32 Å². The van der Waals surface area contributed by atoms with Crippen molar-refractivity contribution in [1.29, 1.82) is 0 Å². The predicted octanol–water partition coefficient (Wildman–Crippen LogP) is 1.55. The summed E-state index contributed by atoms with van der Waals surface area (Å²) < 4.78 is 4.80. The zero-order chi connectivity index (χ0) is 13.4. The number of hydrogen-bond donors (Lipinski definition) is 2. The molecule has 0 saturated heterocycles. The van der Waals surface area contributed by atoms with Crippen molar-refractivity contribution in [2.24, 2.45) is 0 Å². The Kier molecular flexibility index (Phi) is 6.72. The smallest absolute Gasteiger partial charge is 0.251 e. The molecule has 0 aliphatic carbocycles. The second kappa shape index (κ2) is 8.08. The van der Waals surface area contributed by atoms with E-state index < -0.39 is 6.10 Å². The monoisotopic (exact) mass is 271 g/mol. The summed E-state index contributed by atoms with van der Waals surface area (Å²) in [6.07, 6.45) is -0.0844. The van der Waals surface area contributed by atoms with Crippen LogP contribution in [0.2, 0.25) is 0 Å². The molecule has 5 heteroatoms. The first-order chi connectivity index (χ1) is 8.67. The van der Waals surface area contributed by atoms with Crippen LogP contribution in [-0.4, -0.2) is 37.4 Å². The third kappa shape index (κ3) is 5.04. The van der Waals surface area contributed by atoms with Crippen molar-refractivity contribution in [2.45, 2.75) is 18.4 Å². The number of amides is 1. The first-order valence-corrected chi connectivity index (χ1v) is 6.31. The molecule has 1 aromatic carbocycles. The highest BCUT2D eigenvalue weighted by Gasteiger charge is 2.07. The number of carbonyl (C=O) groups is 1. The summed E-state index contributed by atoms with van der Waals surface area (Å²) in [5, 5.41) is 12.2. The van der Waals surface area contributed by atoms with Crippen molar-refractivity contribution in [1.82, 2.24) is 5.32 Å². The van der Waals surface area contributed by atoms with Crippen molar-refractivity contribution in [3.63, 3.8) is 0 Å². The summed E-state index contributed by atoms with van der Waals surface area (Å²) in [7, 11) is 1.53. The number of aliphatic hydroxyl groups is 1. The van der Waals surface area contributed by atoms with Crippen LogP contribution in [0.15, 0.2) is 24.3 Å². The van der Waals surface area contributed by atoms with Gasteiger partial charge in [-0.05, 0) is 24.1 Å². The molecule has 0 bridgehead atoms. The Labute approximate surface area is 112 Å². The fourth-order valence-corrected chi connectivity index (χ4v) is 1.69. The Morgan fingerprint density at radius 3 is 3.00 bits per heavy atom. The lowest BCUT2D eigenvalue weighted by atomic mass is 10.1. The third-order valence-electron chi connectivity index (χ3n) is 2.47. The van der Waals surface area contributed by atoms with Gasteiger partial charge >= 0.3 is 0 Å². The highest BCUT2D eigenvalue weighted by atomic mass is 35.5. The molecule has 0 saturated carbocycles. The Morgan fingerprint density at radius 2 is 2.33 bits per heavy atom. The van der Waals surface area contributed by atoms with Gasteiger partial charge in [0.15, 0.2) is 0 Å². The largest absolute Gasteiger partial charge is 0.391 e. The second-order valence-electron chi connectivity index (χ2n) is 3.99. The summed E-state index contributed by atoms with van der Waals surface area (Å²) in [4.78, 5) is 11.8. The molecule has 0 aliphatic heterocycles. The lowest BCUT2D eigenvalue weighted by Gasteiger charge is -2.10. The first kappa shape index (κ1) is 15.0. The number of nitrogens with one attached hydrogen (secondary N) is 1. The number of aliphatic hydroxyl groups excluding tert-OH is 1. The van der Waals surface area contributed by atoms with Gasteiger partial charge in [0.1, 0.15) is 0 Å². The van der Waals surface area contributed by atoms with Crippen LogP contribution in [0.1, 0.15) is 22.3 Å². The Hall–Kier alpha value is -1.10. The molecule has 100 valence electrons. The van der Waals surface area contributed by atoms with E-state index in [2.05, 4.69) is 5.32 Å². The maximum atomic E-state index is 11.8. The third-order valence-corrected chi connectivity index (χ3v) is 2.77. The number of benzene rings is 1. The molecule has 0 spiro atoms. The van der Waals surface area contributed by atoms with Crippen LogP contribution in [0.4, 0.5) is 0 Å².